The summed E-state index contributed by atoms with van der Waals surface area (Å²) >= 11 is 0. The summed E-state index contributed by atoms with van der Waals surface area (Å²) in [7, 11) is 1.68. The molecule has 2 amide bonds. The maximum absolute atomic E-state index is 12.1. The highest BCUT2D eigenvalue weighted by Crippen LogP contribution is 2.18. The van der Waals surface area contributed by atoms with Crippen molar-refractivity contribution >= 4 is 6.03 Å². The van der Waals surface area contributed by atoms with Gasteiger partial charge in [0, 0.05) is 19.7 Å². The number of nitrogens with one attached hydrogen (secondary N) is 1. The Morgan fingerprint density at radius 1 is 1.61 bits per heavy atom. The number of nitrogens with zero attached hydrogens (tertiary/aromatic N) is 1. The van der Waals surface area contributed by atoms with Crippen molar-refractivity contribution in [2.24, 2.45) is 0 Å². The van der Waals surface area contributed by atoms with Crippen LogP contribution in [0.3, 0.4) is 0 Å². The Hall–Kier alpha value is -0.810. The SMILES string of the molecule is COC(C)(C)C[C@H](C)NC(=O)N1CCC[C@@H]1CO. The van der Waals surface area contributed by atoms with Gasteiger partial charge in [0.15, 0.2) is 0 Å². The molecule has 0 aliphatic carbocycles. The third-order valence-electron chi connectivity index (χ3n) is 3.57. The van der Waals surface area contributed by atoms with Gasteiger partial charge in [-0.25, -0.2) is 4.79 Å². The molecule has 106 valence electrons. The van der Waals surface area contributed by atoms with Gasteiger partial charge < -0.3 is 20.1 Å². The molecule has 0 aromatic carbocycles. The van der Waals surface area contributed by atoms with Gasteiger partial charge in [-0.1, -0.05) is 0 Å². The monoisotopic (exact) mass is 258 g/mol. The summed E-state index contributed by atoms with van der Waals surface area (Å²) in [5.41, 5.74) is -0.242. The number of likely N-dealkylation sites (tertiary alicyclic amines) is 1. The number of aliphatic hydroxyl groups is 1. The third kappa shape index (κ3) is 4.14. The van der Waals surface area contributed by atoms with Gasteiger partial charge in [-0.3, -0.25) is 0 Å². The number of methoxy groups -OCH3 is 1. The molecule has 0 bridgehead atoms. The van der Waals surface area contributed by atoms with Gasteiger partial charge in [-0.15, -0.1) is 0 Å². The maximum Gasteiger partial charge on any atom is 0.317 e. The van der Waals surface area contributed by atoms with E-state index in [0.29, 0.717) is 0 Å². The van der Waals surface area contributed by atoms with Crippen LogP contribution in [0.1, 0.15) is 40.0 Å². The van der Waals surface area contributed by atoms with Crippen LogP contribution in [0.15, 0.2) is 0 Å². The predicted octanol–water partition coefficient (Wildman–Crippen LogP) is 1.36. The minimum Gasteiger partial charge on any atom is -0.394 e. The zero-order chi connectivity index (χ0) is 13.8. The molecule has 0 aromatic heterocycles. The van der Waals surface area contributed by atoms with Crippen LogP contribution in [0.2, 0.25) is 0 Å². The van der Waals surface area contributed by atoms with Crippen LogP contribution < -0.4 is 5.32 Å². The number of rotatable bonds is 5. The molecular weight excluding hydrogens is 232 g/mol. The van der Waals surface area contributed by atoms with E-state index in [1.165, 1.54) is 0 Å². The zero-order valence-corrected chi connectivity index (χ0v) is 11.9. The Morgan fingerprint density at radius 3 is 2.83 bits per heavy atom. The largest absolute Gasteiger partial charge is 0.394 e. The summed E-state index contributed by atoms with van der Waals surface area (Å²) in [5.74, 6) is 0. The lowest BCUT2D eigenvalue weighted by molar-refractivity contribution is 0.00902. The Morgan fingerprint density at radius 2 is 2.28 bits per heavy atom. The van der Waals surface area contributed by atoms with E-state index < -0.39 is 0 Å². The molecule has 18 heavy (non-hydrogen) atoms. The molecule has 2 N–H and O–H groups in total. The van der Waals surface area contributed by atoms with Crippen molar-refractivity contribution in [2.45, 2.75) is 57.7 Å². The van der Waals surface area contributed by atoms with Crippen LogP contribution in [0.4, 0.5) is 4.79 Å². The fourth-order valence-electron chi connectivity index (χ4n) is 2.46. The molecule has 0 radical (unpaired) electrons. The smallest absolute Gasteiger partial charge is 0.317 e. The van der Waals surface area contributed by atoms with Gasteiger partial charge in [-0.2, -0.15) is 0 Å². The number of hydrogen-bond donors (Lipinski definition) is 2. The molecule has 0 saturated carbocycles. The minimum atomic E-state index is -0.242. The molecule has 1 fully saturated rings. The van der Waals surface area contributed by atoms with Crippen molar-refractivity contribution in [1.82, 2.24) is 10.2 Å². The number of aliphatic hydroxyl groups excluding tert-OH is 1. The Kier molecular flexibility index (Phi) is 5.41. The van der Waals surface area contributed by atoms with E-state index in [0.717, 1.165) is 25.8 Å². The second-order valence-corrected chi connectivity index (χ2v) is 5.69. The lowest BCUT2D eigenvalue weighted by Crippen LogP contribution is -2.48. The molecule has 1 aliphatic rings. The normalized spacial score (nSPS) is 22.1. The maximum atomic E-state index is 12.1. The highest BCUT2D eigenvalue weighted by atomic mass is 16.5. The standard InChI is InChI=1S/C13H26N2O3/c1-10(8-13(2,3)18-4)14-12(17)15-7-5-6-11(15)9-16/h10-11,16H,5-9H2,1-4H3,(H,14,17)/t10-,11+/m0/s1. The van der Waals surface area contributed by atoms with Gasteiger partial charge in [0.1, 0.15) is 0 Å². The molecular formula is C13H26N2O3. The first-order valence-corrected chi connectivity index (χ1v) is 6.63. The van der Waals surface area contributed by atoms with E-state index in [1.54, 1.807) is 12.0 Å². The summed E-state index contributed by atoms with van der Waals surface area (Å²) in [5, 5.41) is 12.2. The highest BCUT2D eigenvalue weighted by molar-refractivity contribution is 5.75. The summed E-state index contributed by atoms with van der Waals surface area (Å²) < 4.78 is 5.35. The van der Waals surface area contributed by atoms with Crippen molar-refractivity contribution in [2.75, 3.05) is 20.3 Å². The number of urea groups is 1. The Bertz CT molecular complexity index is 281. The fraction of sp³-hybridized carbons (Fsp3) is 0.923. The summed E-state index contributed by atoms with van der Waals surface area (Å²) in [6, 6.07) is -0.0500. The average molecular weight is 258 g/mol. The second kappa shape index (κ2) is 6.38. The van der Waals surface area contributed by atoms with Crippen LogP contribution >= 0.6 is 0 Å². The third-order valence-corrected chi connectivity index (χ3v) is 3.57. The van der Waals surface area contributed by atoms with Crippen molar-refractivity contribution in [3.63, 3.8) is 0 Å². The van der Waals surface area contributed by atoms with E-state index in [9.17, 15) is 9.90 Å². The van der Waals surface area contributed by atoms with Crippen LogP contribution in [0, 0.1) is 0 Å². The summed E-state index contributed by atoms with van der Waals surface area (Å²) in [4.78, 5) is 13.8. The molecule has 0 aromatic rings. The molecule has 1 heterocycles. The molecule has 5 nitrogen and oxygen atoms in total. The summed E-state index contributed by atoms with van der Waals surface area (Å²) in [6.07, 6.45) is 2.62. The van der Waals surface area contributed by atoms with Gasteiger partial charge in [0.2, 0.25) is 0 Å². The van der Waals surface area contributed by atoms with Crippen molar-refractivity contribution in [3.05, 3.63) is 0 Å². The first-order chi connectivity index (χ1) is 8.39. The quantitative estimate of drug-likeness (QED) is 0.782. The van der Waals surface area contributed by atoms with E-state index in [2.05, 4.69) is 5.32 Å². The molecule has 0 unspecified atom stereocenters. The number of carbonyl (C=O) groups is 1. The summed E-state index contributed by atoms with van der Waals surface area (Å²) in [6.45, 7) is 6.76. The van der Waals surface area contributed by atoms with Gasteiger partial charge in [-0.05, 0) is 40.0 Å². The zero-order valence-electron chi connectivity index (χ0n) is 11.9. The van der Waals surface area contributed by atoms with Crippen molar-refractivity contribution < 1.29 is 14.6 Å². The molecule has 5 heteroatoms. The van der Waals surface area contributed by atoms with Crippen LogP contribution in [0.5, 0.6) is 0 Å². The highest BCUT2D eigenvalue weighted by Gasteiger charge is 2.29. The molecule has 0 spiro atoms. The minimum absolute atomic E-state index is 0.0207. The van der Waals surface area contributed by atoms with Gasteiger partial charge in [0.25, 0.3) is 0 Å². The van der Waals surface area contributed by atoms with Crippen molar-refractivity contribution in [3.8, 4) is 0 Å². The van der Waals surface area contributed by atoms with E-state index in [-0.39, 0.29) is 30.3 Å². The van der Waals surface area contributed by atoms with E-state index >= 15 is 0 Å². The average Bonchev–Trinajstić information content (AvgIpc) is 2.76. The Balaban J connectivity index is 2.44. The van der Waals surface area contributed by atoms with Gasteiger partial charge >= 0.3 is 6.03 Å². The lowest BCUT2D eigenvalue weighted by Gasteiger charge is -2.30. The van der Waals surface area contributed by atoms with E-state index in [4.69, 9.17) is 4.74 Å². The van der Waals surface area contributed by atoms with Crippen LogP contribution in [-0.2, 0) is 4.74 Å². The second-order valence-electron chi connectivity index (χ2n) is 5.69. The fourth-order valence-corrected chi connectivity index (χ4v) is 2.46. The predicted molar refractivity (Wildman–Crippen MR) is 70.5 cm³/mol. The Labute approximate surface area is 109 Å². The van der Waals surface area contributed by atoms with Crippen LogP contribution in [0.25, 0.3) is 0 Å². The first-order valence-electron chi connectivity index (χ1n) is 6.63. The molecule has 1 saturated heterocycles. The number of hydrogen-bond acceptors (Lipinski definition) is 3. The lowest BCUT2D eigenvalue weighted by atomic mass is 10.00. The molecule has 2 atom stereocenters. The molecule has 1 aliphatic heterocycles. The topological polar surface area (TPSA) is 61.8 Å². The number of ether oxygens (including phenoxy) is 1. The number of amides is 2. The van der Waals surface area contributed by atoms with Gasteiger partial charge in [0.05, 0.1) is 18.2 Å². The van der Waals surface area contributed by atoms with Crippen LogP contribution in [-0.4, -0.2) is 54.0 Å². The first kappa shape index (κ1) is 15.2. The van der Waals surface area contributed by atoms with E-state index in [1.807, 2.05) is 20.8 Å². The number of carbonyl (C=O) groups excluding carboxylic acids is 1. The molecule has 1 rings (SSSR count). The van der Waals surface area contributed by atoms with Crippen molar-refractivity contribution in [1.29, 1.82) is 0 Å².